The fourth-order valence-electron chi connectivity index (χ4n) is 3.70. The number of benzene rings is 2. The van der Waals surface area contributed by atoms with Gasteiger partial charge in [0.1, 0.15) is 6.33 Å². The monoisotopic (exact) mass is 390 g/mol. The van der Waals surface area contributed by atoms with E-state index in [0.29, 0.717) is 12.4 Å². The van der Waals surface area contributed by atoms with Gasteiger partial charge in [-0.15, -0.1) is 0 Å². The van der Waals surface area contributed by atoms with Crippen molar-refractivity contribution in [2.75, 3.05) is 25.0 Å². The number of anilines is 1. The Labute approximate surface area is 170 Å². The Bertz CT molecular complexity index is 1020. The number of aryl methyl sites for hydroxylation is 2. The second-order valence-electron chi connectivity index (χ2n) is 7.61. The summed E-state index contributed by atoms with van der Waals surface area (Å²) in [6.45, 7) is 5.65. The minimum atomic E-state index is -0.0165. The molecule has 1 fully saturated rings. The lowest BCUT2D eigenvalue weighted by atomic mass is 10.0. The Morgan fingerprint density at radius 2 is 2.03 bits per heavy atom. The van der Waals surface area contributed by atoms with Gasteiger partial charge in [-0.2, -0.15) is 0 Å². The molecule has 1 amide bonds. The van der Waals surface area contributed by atoms with Crippen LogP contribution in [-0.4, -0.2) is 46.5 Å². The van der Waals surface area contributed by atoms with Gasteiger partial charge in [0, 0.05) is 24.8 Å². The maximum absolute atomic E-state index is 12.7. The molecule has 6 nitrogen and oxygen atoms in total. The molecule has 0 saturated carbocycles. The Balaban J connectivity index is 1.36. The predicted octanol–water partition coefficient (Wildman–Crippen LogP) is 3.73. The molecule has 6 heteroatoms. The van der Waals surface area contributed by atoms with Gasteiger partial charge < -0.3 is 15.0 Å². The number of nitrogens with one attached hydrogen (secondary N) is 1. The molecule has 2 heterocycles. The zero-order chi connectivity index (χ0) is 20.2. The third-order valence-corrected chi connectivity index (χ3v) is 5.49. The standard InChI is InChI=1S/C23H26N4O2/c1-16-9-10-18(12-17(16)2)26-19-6-5-11-27(13-19)22(28)14-29-23-20-7-3-4-8-21(20)24-15-25-23/h3-4,7-10,12,15,19,26H,5-6,11,13-14H2,1-2H3. The van der Waals surface area contributed by atoms with Crippen molar-refractivity contribution in [3.8, 4) is 5.88 Å². The molecule has 3 aromatic rings. The van der Waals surface area contributed by atoms with Crippen LogP contribution in [0.5, 0.6) is 5.88 Å². The van der Waals surface area contributed by atoms with E-state index in [1.165, 1.54) is 17.5 Å². The van der Waals surface area contributed by atoms with Crippen molar-refractivity contribution in [2.45, 2.75) is 32.7 Å². The van der Waals surface area contributed by atoms with Crippen LogP contribution in [0.4, 0.5) is 5.69 Å². The maximum Gasteiger partial charge on any atom is 0.260 e. The smallest absolute Gasteiger partial charge is 0.260 e. The quantitative estimate of drug-likeness (QED) is 0.719. The Morgan fingerprint density at radius 1 is 1.17 bits per heavy atom. The minimum absolute atomic E-state index is 0.0146. The first kappa shape index (κ1) is 19.2. The van der Waals surface area contributed by atoms with Crippen molar-refractivity contribution in [2.24, 2.45) is 0 Å². The summed E-state index contributed by atoms with van der Waals surface area (Å²) in [5.74, 6) is 0.435. The molecule has 2 aromatic carbocycles. The van der Waals surface area contributed by atoms with Gasteiger partial charge in [-0.05, 0) is 62.1 Å². The van der Waals surface area contributed by atoms with Crippen molar-refractivity contribution in [1.29, 1.82) is 0 Å². The van der Waals surface area contributed by atoms with Gasteiger partial charge in [0.15, 0.2) is 6.61 Å². The molecule has 4 rings (SSSR count). The number of aromatic nitrogens is 2. The van der Waals surface area contributed by atoms with Crippen molar-refractivity contribution >= 4 is 22.5 Å². The molecule has 0 aliphatic carbocycles. The fraction of sp³-hybridized carbons (Fsp3) is 0.348. The second kappa shape index (κ2) is 8.47. The SMILES string of the molecule is Cc1ccc(NC2CCCN(C(=O)COc3ncnc4ccccc34)C2)cc1C. The van der Waals surface area contributed by atoms with Crippen LogP contribution in [0.1, 0.15) is 24.0 Å². The average molecular weight is 390 g/mol. The Hall–Kier alpha value is -3.15. The molecule has 1 atom stereocenters. The largest absolute Gasteiger partial charge is 0.467 e. The van der Waals surface area contributed by atoms with Crippen molar-refractivity contribution in [3.63, 3.8) is 0 Å². The van der Waals surface area contributed by atoms with Crippen molar-refractivity contribution < 1.29 is 9.53 Å². The average Bonchev–Trinajstić information content (AvgIpc) is 2.75. The lowest BCUT2D eigenvalue weighted by molar-refractivity contribution is -0.134. The van der Waals surface area contributed by atoms with E-state index in [1.807, 2.05) is 29.2 Å². The summed E-state index contributed by atoms with van der Waals surface area (Å²) in [5.41, 5.74) is 4.46. The van der Waals surface area contributed by atoms with Crippen LogP contribution in [0.2, 0.25) is 0 Å². The Morgan fingerprint density at radius 3 is 2.90 bits per heavy atom. The zero-order valence-electron chi connectivity index (χ0n) is 16.9. The van der Waals surface area contributed by atoms with Crippen LogP contribution in [-0.2, 0) is 4.79 Å². The topological polar surface area (TPSA) is 67.4 Å². The van der Waals surface area contributed by atoms with Crippen LogP contribution >= 0.6 is 0 Å². The molecule has 0 radical (unpaired) electrons. The van der Waals surface area contributed by atoms with E-state index < -0.39 is 0 Å². The fourth-order valence-corrected chi connectivity index (χ4v) is 3.70. The van der Waals surface area contributed by atoms with E-state index in [2.05, 4.69) is 47.3 Å². The van der Waals surface area contributed by atoms with E-state index in [-0.39, 0.29) is 18.6 Å². The van der Waals surface area contributed by atoms with Gasteiger partial charge in [-0.3, -0.25) is 4.79 Å². The number of hydrogen-bond acceptors (Lipinski definition) is 5. The van der Waals surface area contributed by atoms with Gasteiger partial charge in [-0.25, -0.2) is 9.97 Å². The summed E-state index contributed by atoms with van der Waals surface area (Å²) in [7, 11) is 0. The number of likely N-dealkylation sites (tertiary alicyclic amines) is 1. The number of rotatable bonds is 5. The third kappa shape index (κ3) is 4.47. The van der Waals surface area contributed by atoms with E-state index in [9.17, 15) is 4.79 Å². The number of para-hydroxylation sites is 1. The lowest BCUT2D eigenvalue weighted by Gasteiger charge is -2.33. The normalized spacial score (nSPS) is 16.6. The van der Waals surface area contributed by atoms with Gasteiger partial charge in [0.05, 0.1) is 10.9 Å². The number of carbonyl (C=O) groups excluding carboxylic acids is 1. The highest BCUT2D eigenvalue weighted by Crippen LogP contribution is 2.22. The molecular weight excluding hydrogens is 364 g/mol. The van der Waals surface area contributed by atoms with Crippen LogP contribution in [0.3, 0.4) is 0 Å². The first-order valence-corrected chi connectivity index (χ1v) is 10.0. The summed E-state index contributed by atoms with van der Waals surface area (Å²) < 4.78 is 5.75. The van der Waals surface area contributed by atoms with E-state index in [4.69, 9.17) is 4.74 Å². The summed E-state index contributed by atoms with van der Waals surface area (Å²) >= 11 is 0. The van der Waals surface area contributed by atoms with Crippen molar-refractivity contribution in [1.82, 2.24) is 14.9 Å². The highest BCUT2D eigenvalue weighted by atomic mass is 16.5. The molecule has 29 heavy (non-hydrogen) atoms. The molecule has 0 bridgehead atoms. The lowest BCUT2D eigenvalue weighted by Crippen LogP contribution is -2.46. The second-order valence-corrected chi connectivity index (χ2v) is 7.61. The van der Waals surface area contributed by atoms with Crippen LogP contribution in [0, 0.1) is 13.8 Å². The number of amides is 1. The minimum Gasteiger partial charge on any atom is -0.467 e. The van der Waals surface area contributed by atoms with Crippen LogP contribution in [0.15, 0.2) is 48.8 Å². The summed E-state index contributed by atoms with van der Waals surface area (Å²) in [6.07, 6.45) is 3.49. The maximum atomic E-state index is 12.7. The summed E-state index contributed by atoms with van der Waals surface area (Å²) in [4.78, 5) is 23.0. The molecule has 1 unspecified atom stereocenters. The number of hydrogen-bond donors (Lipinski definition) is 1. The molecular formula is C23H26N4O2. The van der Waals surface area contributed by atoms with E-state index in [0.717, 1.165) is 36.0 Å². The van der Waals surface area contributed by atoms with Crippen LogP contribution < -0.4 is 10.1 Å². The van der Waals surface area contributed by atoms with Gasteiger partial charge >= 0.3 is 0 Å². The molecule has 0 spiro atoms. The first-order chi connectivity index (χ1) is 14.1. The number of carbonyl (C=O) groups is 1. The Kier molecular flexibility index (Phi) is 5.60. The predicted molar refractivity (Wildman–Crippen MR) is 114 cm³/mol. The number of nitrogens with zero attached hydrogens (tertiary/aromatic N) is 3. The molecule has 1 aromatic heterocycles. The molecule has 150 valence electrons. The van der Waals surface area contributed by atoms with Gasteiger partial charge in [0.2, 0.25) is 5.88 Å². The number of fused-ring (bicyclic) bond motifs is 1. The van der Waals surface area contributed by atoms with Gasteiger partial charge in [-0.1, -0.05) is 18.2 Å². The summed E-state index contributed by atoms with van der Waals surface area (Å²) in [5, 5.41) is 4.39. The van der Waals surface area contributed by atoms with Gasteiger partial charge in [0.25, 0.3) is 5.91 Å². The molecule has 1 aliphatic heterocycles. The number of ether oxygens (including phenoxy) is 1. The number of piperidine rings is 1. The zero-order valence-corrected chi connectivity index (χ0v) is 16.9. The van der Waals surface area contributed by atoms with E-state index >= 15 is 0 Å². The third-order valence-electron chi connectivity index (χ3n) is 5.49. The molecule has 1 saturated heterocycles. The highest BCUT2D eigenvalue weighted by Gasteiger charge is 2.24. The highest BCUT2D eigenvalue weighted by molar-refractivity contribution is 5.84. The first-order valence-electron chi connectivity index (χ1n) is 10.0. The van der Waals surface area contributed by atoms with Crippen LogP contribution in [0.25, 0.3) is 10.9 Å². The molecule has 1 aliphatic rings. The van der Waals surface area contributed by atoms with E-state index in [1.54, 1.807) is 0 Å². The van der Waals surface area contributed by atoms with Crippen molar-refractivity contribution in [3.05, 3.63) is 59.9 Å². The molecule has 1 N–H and O–H groups in total. The summed E-state index contributed by atoms with van der Waals surface area (Å²) in [6, 6.07) is 14.3.